The van der Waals surface area contributed by atoms with Crippen molar-refractivity contribution in [3.05, 3.63) is 53.0 Å². The number of fused-ring (bicyclic) bond motifs is 1. The van der Waals surface area contributed by atoms with Crippen LogP contribution in [0.4, 0.5) is 0 Å². The topological polar surface area (TPSA) is 60.4 Å². The maximum absolute atomic E-state index is 5.67. The van der Waals surface area contributed by atoms with Gasteiger partial charge < -0.3 is 9.15 Å². The van der Waals surface area contributed by atoms with E-state index >= 15 is 0 Å². The van der Waals surface area contributed by atoms with Gasteiger partial charge in [-0.25, -0.2) is 5.43 Å². The van der Waals surface area contributed by atoms with Crippen LogP contribution in [-0.4, -0.2) is 6.61 Å². The van der Waals surface area contributed by atoms with Gasteiger partial charge in [0.2, 0.25) is 0 Å². The third kappa shape index (κ3) is 1.89. The average Bonchev–Trinajstić information content (AvgIpc) is 2.99. The fraction of sp³-hybridized carbons (Fsp3) is 0.286. The Bertz CT molecular complexity index is 563. The average molecular weight is 244 g/mol. The monoisotopic (exact) mass is 244 g/mol. The van der Waals surface area contributed by atoms with E-state index in [1.54, 1.807) is 6.26 Å². The quantitative estimate of drug-likeness (QED) is 0.641. The van der Waals surface area contributed by atoms with Crippen molar-refractivity contribution < 1.29 is 9.15 Å². The first kappa shape index (κ1) is 11.3. The van der Waals surface area contributed by atoms with Gasteiger partial charge in [-0.1, -0.05) is 12.1 Å². The van der Waals surface area contributed by atoms with Gasteiger partial charge in [0, 0.05) is 12.0 Å². The number of hydrazine groups is 1. The van der Waals surface area contributed by atoms with Crippen LogP contribution < -0.4 is 16.0 Å². The number of aryl methyl sites for hydroxylation is 1. The highest BCUT2D eigenvalue weighted by molar-refractivity contribution is 5.43. The Morgan fingerprint density at radius 3 is 2.89 bits per heavy atom. The molecule has 0 saturated carbocycles. The van der Waals surface area contributed by atoms with Crippen molar-refractivity contribution in [2.45, 2.75) is 19.4 Å². The van der Waals surface area contributed by atoms with Crippen molar-refractivity contribution in [2.24, 2.45) is 5.84 Å². The lowest BCUT2D eigenvalue weighted by molar-refractivity contribution is 0.357. The van der Waals surface area contributed by atoms with E-state index in [1.807, 2.05) is 25.1 Å². The van der Waals surface area contributed by atoms with E-state index in [9.17, 15) is 0 Å². The molecule has 1 aliphatic heterocycles. The lowest BCUT2D eigenvalue weighted by atomic mass is 9.99. The lowest BCUT2D eigenvalue weighted by Crippen LogP contribution is -2.28. The first-order valence-electron chi connectivity index (χ1n) is 6.04. The molecule has 2 aromatic rings. The second-order valence-corrected chi connectivity index (χ2v) is 4.56. The van der Waals surface area contributed by atoms with Crippen molar-refractivity contribution in [1.82, 2.24) is 5.43 Å². The highest BCUT2D eigenvalue weighted by Gasteiger charge is 2.18. The van der Waals surface area contributed by atoms with Crippen LogP contribution in [0.3, 0.4) is 0 Å². The molecule has 94 valence electrons. The molecule has 1 aliphatic rings. The molecule has 3 N–H and O–H groups in total. The second-order valence-electron chi connectivity index (χ2n) is 4.56. The van der Waals surface area contributed by atoms with Crippen LogP contribution in [0.15, 0.2) is 34.9 Å². The molecular weight excluding hydrogens is 228 g/mol. The molecule has 0 fully saturated rings. The molecule has 0 radical (unpaired) electrons. The highest BCUT2D eigenvalue weighted by Crippen LogP contribution is 2.30. The molecule has 4 nitrogen and oxygen atoms in total. The van der Waals surface area contributed by atoms with E-state index in [2.05, 4.69) is 11.5 Å². The first-order valence-corrected chi connectivity index (χ1v) is 6.04. The Balaban J connectivity index is 1.96. The van der Waals surface area contributed by atoms with E-state index in [-0.39, 0.29) is 6.04 Å². The zero-order chi connectivity index (χ0) is 12.5. The maximum Gasteiger partial charge on any atom is 0.122 e. The van der Waals surface area contributed by atoms with Gasteiger partial charge in [0.05, 0.1) is 18.9 Å². The number of benzene rings is 1. The summed E-state index contributed by atoms with van der Waals surface area (Å²) in [6, 6.07) is 8.14. The van der Waals surface area contributed by atoms with Gasteiger partial charge in [0.25, 0.3) is 0 Å². The highest BCUT2D eigenvalue weighted by atomic mass is 16.5. The minimum atomic E-state index is -0.0478. The molecule has 2 heterocycles. The van der Waals surface area contributed by atoms with Crippen LogP contribution in [0.5, 0.6) is 5.75 Å². The van der Waals surface area contributed by atoms with Crippen LogP contribution in [-0.2, 0) is 6.42 Å². The Hall–Kier alpha value is -1.78. The van der Waals surface area contributed by atoms with Crippen molar-refractivity contribution in [1.29, 1.82) is 0 Å². The Morgan fingerprint density at radius 2 is 2.17 bits per heavy atom. The second kappa shape index (κ2) is 4.48. The molecule has 0 bridgehead atoms. The molecule has 1 unspecified atom stereocenters. The molecule has 0 amide bonds. The minimum absolute atomic E-state index is 0.0478. The first-order chi connectivity index (χ1) is 8.78. The zero-order valence-electron chi connectivity index (χ0n) is 10.3. The summed E-state index contributed by atoms with van der Waals surface area (Å²) in [5, 5.41) is 0. The molecule has 3 rings (SSSR count). The molecule has 18 heavy (non-hydrogen) atoms. The summed E-state index contributed by atoms with van der Waals surface area (Å²) in [5.74, 6) is 7.54. The number of furan rings is 1. The van der Waals surface area contributed by atoms with Crippen molar-refractivity contribution in [3.63, 3.8) is 0 Å². The van der Waals surface area contributed by atoms with Gasteiger partial charge in [-0.3, -0.25) is 5.84 Å². The molecule has 0 aliphatic carbocycles. The van der Waals surface area contributed by atoms with Crippen LogP contribution in [0.2, 0.25) is 0 Å². The normalized spacial score (nSPS) is 15.2. The fourth-order valence-corrected chi connectivity index (χ4v) is 2.39. The van der Waals surface area contributed by atoms with Gasteiger partial charge in [-0.05, 0) is 30.2 Å². The number of hydrogen-bond acceptors (Lipinski definition) is 4. The molecule has 1 aromatic carbocycles. The Kier molecular flexibility index (Phi) is 2.81. The lowest BCUT2D eigenvalue weighted by Gasteiger charge is -2.15. The van der Waals surface area contributed by atoms with E-state index in [4.69, 9.17) is 15.0 Å². The summed E-state index contributed by atoms with van der Waals surface area (Å²) >= 11 is 0. The Labute approximate surface area is 106 Å². The van der Waals surface area contributed by atoms with Gasteiger partial charge in [-0.2, -0.15) is 0 Å². The largest absolute Gasteiger partial charge is 0.493 e. The molecule has 1 aromatic heterocycles. The summed E-state index contributed by atoms with van der Waals surface area (Å²) in [7, 11) is 0. The Morgan fingerprint density at radius 1 is 1.28 bits per heavy atom. The molecule has 1 atom stereocenters. The minimum Gasteiger partial charge on any atom is -0.493 e. The molecule has 4 heteroatoms. The predicted octanol–water partition coefficient (Wildman–Crippen LogP) is 2.08. The number of hydrogen-bond donors (Lipinski definition) is 2. The van der Waals surface area contributed by atoms with E-state index < -0.39 is 0 Å². The van der Waals surface area contributed by atoms with E-state index in [0.717, 1.165) is 35.7 Å². The fourth-order valence-electron chi connectivity index (χ4n) is 2.39. The standard InChI is InChI=1S/C14H16N2O2/c1-9-6-12(8-18-9)14(16-15)11-2-3-13-10(7-11)4-5-17-13/h2-3,6-8,14,16H,4-5,15H2,1H3. The maximum atomic E-state index is 5.67. The number of nitrogens with two attached hydrogens (primary N) is 1. The third-order valence-corrected chi connectivity index (χ3v) is 3.30. The van der Waals surface area contributed by atoms with Crippen molar-refractivity contribution in [3.8, 4) is 5.75 Å². The van der Waals surface area contributed by atoms with E-state index in [1.165, 1.54) is 5.56 Å². The van der Waals surface area contributed by atoms with Gasteiger partial charge in [0.15, 0.2) is 0 Å². The smallest absolute Gasteiger partial charge is 0.122 e. The number of nitrogens with one attached hydrogen (secondary N) is 1. The molecule has 0 saturated heterocycles. The van der Waals surface area contributed by atoms with Gasteiger partial charge >= 0.3 is 0 Å². The number of rotatable bonds is 3. The zero-order valence-corrected chi connectivity index (χ0v) is 10.3. The predicted molar refractivity (Wildman–Crippen MR) is 68.3 cm³/mol. The van der Waals surface area contributed by atoms with Crippen molar-refractivity contribution >= 4 is 0 Å². The van der Waals surface area contributed by atoms with Crippen molar-refractivity contribution in [2.75, 3.05) is 6.61 Å². The molecular formula is C14H16N2O2. The van der Waals surface area contributed by atoms with Gasteiger partial charge in [0.1, 0.15) is 11.5 Å². The summed E-state index contributed by atoms with van der Waals surface area (Å²) in [6.07, 6.45) is 2.70. The summed E-state index contributed by atoms with van der Waals surface area (Å²) in [5.41, 5.74) is 6.25. The summed E-state index contributed by atoms with van der Waals surface area (Å²) < 4.78 is 10.8. The van der Waals surface area contributed by atoms with Crippen LogP contribution in [0.1, 0.15) is 28.5 Å². The number of ether oxygens (including phenoxy) is 1. The van der Waals surface area contributed by atoms with Crippen LogP contribution in [0.25, 0.3) is 0 Å². The van der Waals surface area contributed by atoms with Gasteiger partial charge in [-0.15, -0.1) is 0 Å². The van der Waals surface area contributed by atoms with Crippen LogP contribution >= 0.6 is 0 Å². The molecule has 0 spiro atoms. The third-order valence-electron chi connectivity index (χ3n) is 3.30. The summed E-state index contributed by atoms with van der Waals surface area (Å²) in [6.45, 7) is 2.69. The summed E-state index contributed by atoms with van der Waals surface area (Å²) in [4.78, 5) is 0. The SMILES string of the molecule is Cc1cc(C(NN)c2ccc3c(c2)CCO3)co1. The van der Waals surface area contributed by atoms with Crippen LogP contribution in [0, 0.1) is 6.92 Å². The van der Waals surface area contributed by atoms with E-state index in [0.29, 0.717) is 0 Å².